The van der Waals surface area contributed by atoms with Crippen LogP contribution in [0.1, 0.15) is 42.9 Å². The van der Waals surface area contributed by atoms with E-state index in [-0.39, 0.29) is 17.8 Å². The molecule has 4 rings (SSSR count). The molecule has 2 aromatic rings. The van der Waals surface area contributed by atoms with Gasteiger partial charge in [0.25, 0.3) is 0 Å². The average Bonchev–Trinajstić information content (AvgIpc) is 3.08. The van der Waals surface area contributed by atoms with Gasteiger partial charge in [-0.1, -0.05) is 6.07 Å². The summed E-state index contributed by atoms with van der Waals surface area (Å²) in [6, 6.07) is 6.27. The van der Waals surface area contributed by atoms with Gasteiger partial charge in [0.2, 0.25) is 5.91 Å². The Morgan fingerprint density at radius 3 is 2.69 bits per heavy atom. The monoisotopic (exact) mass is 356 g/mol. The third-order valence-electron chi connectivity index (χ3n) is 5.81. The largest absolute Gasteiger partial charge is 0.311 e. The SMILES string of the molecule is Cc1[nH]ncc1C1CCN(C2CCCN(c3cccc(F)c3)C2=O)CC1. The number of carbonyl (C=O) groups excluding carboxylic acids is 1. The predicted molar refractivity (Wildman–Crippen MR) is 98.6 cm³/mol. The van der Waals surface area contributed by atoms with Crippen LogP contribution in [-0.2, 0) is 4.79 Å². The number of likely N-dealkylation sites (tertiary alicyclic amines) is 1. The first-order valence-corrected chi connectivity index (χ1v) is 9.44. The maximum Gasteiger partial charge on any atom is 0.244 e. The maximum absolute atomic E-state index is 13.6. The first kappa shape index (κ1) is 17.2. The van der Waals surface area contributed by atoms with Crippen LogP contribution in [0.25, 0.3) is 0 Å². The quantitative estimate of drug-likeness (QED) is 0.919. The molecule has 0 aliphatic carbocycles. The van der Waals surface area contributed by atoms with Crippen molar-refractivity contribution in [2.24, 2.45) is 0 Å². The van der Waals surface area contributed by atoms with Crippen LogP contribution in [0.3, 0.4) is 0 Å². The smallest absolute Gasteiger partial charge is 0.244 e. The lowest BCUT2D eigenvalue weighted by atomic mass is 9.88. The number of amides is 1. The standard InChI is InChI=1S/C20H25FN4O/c1-14-18(13-22-23-14)15-7-10-24(11-8-15)19-6-3-9-25(20(19)26)17-5-2-4-16(21)12-17/h2,4-5,12-13,15,19H,3,6-11H2,1H3,(H,22,23). The molecule has 1 aromatic heterocycles. The van der Waals surface area contributed by atoms with Crippen molar-refractivity contribution in [2.75, 3.05) is 24.5 Å². The number of aryl methyl sites for hydroxylation is 1. The highest BCUT2D eigenvalue weighted by Gasteiger charge is 2.36. The van der Waals surface area contributed by atoms with Crippen molar-refractivity contribution in [3.63, 3.8) is 0 Å². The molecule has 1 aromatic carbocycles. The van der Waals surface area contributed by atoms with Crippen LogP contribution in [0.15, 0.2) is 30.5 Å². The Morgan fingerprint density at radius 1 is 1.19 bits per heavy atom. The van der Waals surface area contributed by atoms with E-state index in [2.05, 4.69) is 22.0 Å². The van der Waals surface area contributed by atoms with E-state index in [1.54, 1.807) is 11.0 Å². The molecule has 26 heavy (non-hydrogen) atoms. The summed E-state index contributed by atoms with van der Waals surface area (Å²) in [5, 5.41) is 7.16. The normalized spacial score (nSPS) is 22.8. The van der Waals surface area contributed by atoms with Gasteiger partial charge in [-0.2, -0.15) is 5.10 Å². The molecular weight excluding hydrogens is 331 g/mol. The van der Waals surface area contributed by atoms with E-state index in [0.29, 0.717) is 18.2 Å². The lowest BCUT2D eigenvalue weighted by Crippen LogP contribution is -2.54. The van der Waals surface area contributed by atoms with Gasteiger partial charge in [0.1, 0.15) is 5.82 Å². The topological polar surface area (TPSA) is 52.2 Å². The molecule has 0 saturated carbocycles. The number of hydrogen-bond acceptors (Lipinski definition) is 3. The van der Waals surface area contributed by atoms with Crippen LogP contribution in [0.5, 0.6) is 0 Å². The second-order valence-electron chi connectivity index (χ2n) is 7.39. The number of hydrogen-bond donors (Lipinski definition) is 1. The number of rotatable bonds is 3. The van der Waals surface area contributed by atoms with Gasteiger partial charge < -0.3 is 4.90 Å². The molecule has 2 saturated heterocycles. The van der Waals surface area contributed by atoms with Crippen LogP contribution in [-0.4, -0.2) is 46.7 Å². The van der Waals surface area contributed by atoms with Crippen LogP contribution in [0.2, 0.25) is 0 Å². The van der Waals surface area contributed by atoms with Gasteiger partial charge in [0.05, 0.1) is 12.2 Å². The molecule has 1 amide bonds. The second-order valence-corrected chi connectivity index (χ2v) is 7.39. The molecule has 1 unspecified atom stereocenters. The second kappa shape index (κ2) is 7.19. The first-order chi connectivity index (χ1) is 12.6. The average molecular weight is 356 g/mol. The zero-order valence-electron chi connectivity index (χ0n) is 15.1. The zero-order chi connectivity index (χ0) is 18.1. The summed E-state index contributed by atoms with van der Waals surface area (Å²) in [6.45, 7) is 4.57. The number of aromatic amines is 1. The predicted octanol–water partition coefficient (Wildman–Crippen LogP) is 3.23. The van der Waals surface area contributed by atoms with Gasteiger partial charge in [-0.3, -0.25) is 14.8 Å². The van der Waals surface area contributed by atoms with Crippen molar-refractivity contribution in [1.82, 2.24) is 15.1 Å². The van der Waals surface area contributed by atoms with Gasteiger partial charge in [0.15, 0.2) is 0 Å². The van der Waals surface area contributed by atoms with Gasteiger partial charge in [-0.25, -0.2) is 4.39 Å². The van der Waals surface area contributed by atoms with E-state index in [0.717, 1.165) is 44.5 Å². The third-order valence-corrected chi connectivity index (χ3v) is 5.81. The zero-order valence-corrected chi connectivity index (χ0v) is 15.1. The summed E-state index contributed by atoms with van der Waals surface area (Å²) in [6.07, 6.45) is 5.87. The summed E-state index contributed by atoms with van der Waals surface area (Å²) >= 11 is 0. The molecule has 0 bridgehead atoms. The fourth-order valence-corrected chi connectivity index (χ4v) is 4.39. The van der Waals surface area contributed by atoms with Crippen molar-refractivity contribution < 1.29 is 9.18 Å². The van der Waals surface area contributed by atoms with Gasteiger partial charge in [-0.15, -0.1) is 0 Å². The highest BCUT2D eigenvalue weighted by Crippen LogP contribution is 2.32. The Bertz CT molecular complexity index is 782. The van der Waals surface area contributed by atoms with Crippen LogP contribution in [0, 0.1) is 12.7 Å². The number of anilines is 1. The Balaban J connectivity index is 1.43. The number of benzene rings is 1. The van der Waals surface area contributed by atoms with Crippen molar-refractivity contribution in [3.05, 3.63) is 47.5 Å². The Hall–Kier alpha value is -2.21. The van der Waals surface area contributed by atoms with E-state index >= 15 is 0 Å². The number of piperidine rings is 2. The summed E-state index contributed by atoms with van der Waals surface area (Å²) < 4.78 is 13.6. The van der Waals surface area contributed by atoms with Crippen LogP contribution >= 0.6 is 0 Å². The summed E-state index contributed by atoms with van der Waals surface area (Å²) in [4.78, 5) is 17.1. The lowest BCUT2D eigenvalue weighted by molar-refractivity contribution is -0.125. The van der Waals surface area contributed by atoms with Crippen LogP contribution < -0.4 is 4.90 Å². The number of carbonyl (C=O) groups is 1. The fourth-order valence-electron chi connectivity index (χ4n) is 4.39. The fraction of sp³-hybridized carbons (Fsp3) is 0.500. The Kier molecular flexibility index (Phi) is 4.76. The van der Waals surface area contributed by atoms with Crippen molar-refractivity contribution in [3.8, 4) is 0 Å². The Morgan fingerprint density at radius 2 is 2.00 bits per heavy atom. The minimum Gasteiger partial charge on any atom is -0.311 e. The lowest BCUT2D eigenvalue weighted by Gasteiger charge is -2.41. The molecule has 0 spiro atoms. The van der Waals surface area contributed by atoms with E-state index in [4.69, 9.17) is 0 Å². The number of aromatic nitrogens is 2. The molecule has 2 aliphatic rings. The van der Waals surface area contributed by atoms with Crippen molar-refractivity contribution in [2.45, 2.75) is 44.6 Å². The van der Waals surface area contributed by atoms with Crippen molar-refractivity contribution >= 4 is 11.6 Å². The summed E-state index contributed by atoms with van der Waals surface area (Å²) in [5.41, 5.74) is 3.12. The molecule has 1 N–H and O–H groups in total. The van der Waals surface area contributed by atoms with E-state index in [9.17, 15) is 9.18 Å². The molecule has 2 aliphatic heterocycles. The van der Waals surface area contributed by atoms with E-state index in [1.807, 2.05) is 12.3 Å². The number of halogens is 1. The third kappa shape index (κ3) is 3.26. The highest BCUT2D eigenvalue weighted by molar-refractivity contribution is 5.97. The summed E-state index contributed by atoms with van der Waals surface area (Å²) in [7, 11) is 0. The number of nitrogens with one attached hydrogen (secondary N) is 1. The molecule has 138 valence electrons. The van der Waals surface area contributed by atoms with Crippen LogP contribution in [0.4, 0.5) is 10.1 Å². The molecule has 1 atom stereocenters. The molecular formula is C20H25FN4O. The minimum atomic E-state index is -0.297. The number of nitrogens with zero attached hydrogens (tertiary/aromatic N) is 3. The highest BCUT2D eigenvalue weighted by atomic mass is 19.1. The van der Waals surface area contributed by atoms with Gasteiger partial charge >= 0.3 is 0 Å². The van der Waals surface area contributed by atoms with E-state index < -0.39 is 0 Å². The molecule has 5 nitrogen and oxygen atoms in total. The van der Waals surface area contributed by atoms with E-state index in [1.165, 1.54) is 17.7 Å². The molecule has 0 radical (unpaired) electrons. The minimum absolute atomic E-state index is 0.0848. The maximum atomic E-state index is 13.6. The molecule has 3 heterocycles. The number of H-pyrrole nitrogens is 1. The Labute approximate surface area is 153 Å². The van der Waals surface area contributed by atoms with Gasteiger partial charge in [0, 0.05) is 17.9 Å². The van der Waals surface area contributed by atoms with Crippen molar-refractivity contribution in [1.29, 1.82) is 0 Å². The van der Waals surface area contributed by atoms with Gasteiger partial charge in [-0.05, 0) is 75.4 Å². The molecule has 2 fully saturated rings. The summed E-state index contributed by atoms with van der Waals surface area (Å²) in [5.74, 6) is 0.330. The molecule has 6 heteroatoms. The first-order valence-electron chi connectivity index (χ1n) is 9.44.